The van der Waals surface area contributed by atoms with Crippen molar-refractivity contribution in [3.8, 4) is 5.75 Å². The molecular weight excluding hydrogens is 421 g/mol. The number of pyridine rings is 1. The number of carbonyl (C=O) groups is 1. The van der Waals surface area contributed by atoms with Crippen LogP contribution in [0.3, 0.4) is 0 Å². The number of halogens is 2. The predicted molar refractivity (Wildman–Crippen MR) is 120 cm³/mol. The number of aryl methyl sites for hydroxylation is 1. The number of nitrogens with two attached hydrogens (primary N) is 1. The topological polar surface area (TPSA) is 88.4 Å². The van der Waals surface area contributed by atoms with E-state index in [-0.39, 0.29) is 29.9 Å². The Morgan fingerprint density at radius 2 is 1.90 bits per heavy atom. The molecule has 0 aliphatic carbocycles. The molecular formula is C23H25ClFN3O3. The first-order valence-electron chi connectivity index (χ1n) is 10.0. The second kappa shape index (κ2) is 10.4. The number of aromatic nitrogens is 1. The van der Waals surface area contributed by atoms with Gasteiger partial charge in [0.1, 0.15) is 17.7 Å². The van der Waals surface area contributed by atoms with E-state index >= 15 is 0 Å². The highest BCUT2D eigenvalue weighted by atomic mass is 35.5. The van der Waals surface area contributed by atoms with Gasteiger partial charge in [0.15, 0.2) is 0 Å². The second-order valence-corrected chi connectivity index (χ2v) is 7.78. The summed E-state index contributed by atoms with van der Waals surface area (Å²) in [6.07, 6.45) is 3.05. The molecule has 1 saturated heterocycles. The van der Waals surface area contributed by atoms with E-state index in [2.05, 4.69) is 4.98 Å². The van der Waals surface area contributed by atoms with Gasteiger partial charge in [0.2, 0.25) is 5.91 Å². The summed E-state index contributed by atoms with van der Waals surface area (Å²) >= 11 is 6.24. The average molecular weight is 446 g/mol. The average Bonchev–Trinajstić information content (AvgIpc) is 2.77. The highest BCUT2D eigenvalue weighted by Gasteiger charge is 2.23. The standard InChI is InChI=1S/C16H18ClN3O3.C7H7F/c17-13-8-12-10(1-4-19-16(12)22)7-14(13)23-11-2-5-20(6-3-11)15(21)9-18;1-6-2-4-7(8)5-3-6/h1,4,7-8,11H,2-3,5-6,9,18H2,(H,19,22);2-5H,1H3. The molecule has 1 aliphatic rings. The lowest BCUT2D eigenvalue weighted by molar-refractivity contribution is -0.131. The Bertz CT molecular complexity index is 1070. The van der Waals surface area contributed by atoms with Crippen LogP contribution >= 0.6 is 11.6 Å². The summed E-state index contributed by atoms with van der Waals surface area (Å²) in [5.41, 5.74) is 6.29. The van der Waals surface area contributed by atoms with Crippen LogP contribution < -0.4 is 16.0 Å². The van der Waals surface area contributed by atoms with Crippen LogP contribution in [0.2, 0.25) is 5.02 Å². The van der Waals surface area contributed by atoms with Crippen molar-refractivity contribution in [2.24, 2.45) is 5.73 Å². The fraction of sp³-hybridized carbons (Fsp3) is 0.304. The van der Waals surface area contributed by atoms with Gasteiger partial charge < -0.3 is 20.4 Å². The van der Waals surface area contributed by atoms with Gasteiger partial charge in [-0.15, -0.1) is 0 Å². The number of piperidine rings is 1. The molecule has 0 saturated carbocycles. The summed E-state index contributed by atoms with van der Waals surface area (Å²) in [6, 6.07) is 11.6. The zero-order valence-corrected chi connectivity index (χ0v) is 18.0. The van der Waals surface area contributed by atoms with Crippen molar-refractivity contribution in [1.29, 1.82) is 0 Å². The predicted octanol–water partition coefficient (Wildman–Crippen LogP) is 3.64. The van der Waals surface area contributed by atoms with Gasteiger partial charge in [-0.2, -0.15) is 0 Å². The Morgan fingerprint density at radius 1 is 1.23 bits per heavy atom. The van der Waals surface area contributed by atoms with E-state index in [9.17, 15) is 14.0 Å². The van der Waals surface area contributed by atoms with Gasteiger partial charge in [-0.1, -0.05) is 29.3 Å². The number of nitrogens with one attached hydrogen (secondary N) is 1. The molecule has 3 N–H and O–H groups in total. The molecule has 0 radical (unpaired) electrons. The molecule has 2 aromatic carbocycles. The van der Waals surface area contributed by atoms with E-state index in [0.29, 0.717) is 29.2 Å². The molecule has 1 aliphatic heterocycles. The maximum absolute atomic E-state index is 12.1. The van der Waals surface area contributed by atoms with Crippen LogP contribution in [0, 0.1) is 12.7 Å². The molecule has 1 amide bonds. The fourth-order valence-electron chi connectivity index (χ4n) is 3.34. The third-order valence-corrected chi connectivity index (χ3v) is 5.40. The Kier molecular flexibility index (Phi) is 7.65. The molecule has 3 aromatic rings. The SMILES string of the molecule is Cc1ccc(F)cc1.NCC(=O)N1CCC(Oc2cc3cc[nH]c(=O)c3cc2Cl)CC1. The largest absolute Gasteiger partial charge is 0.489 e. The highest BCUT2D eigenvalue weighted by Crippen LogP contribution is 2.31. The lowest BCUT2D eigenvalue weighted by Gasteiger charge is -2.32. The van der Waals surface area contributed by atoms with E-state index in [1.807, 2.05) is 13.0 Å². The molecule has 2 heterocycles. The molecule has 4 rings (SSSR count). The Hall–Kier alpha value is -2.90. The molecule has 31 heavy (non-hydrogen) atoms. The number of H-pyrrole nitrogens is 1. The number of aromatic amines is 1. The molecule has 8 heteroatoms. The lowest BCUT2D eigenvalue weighted by Crippen LogP contribution is -2.44. The Labute approximate surface area is 184 Å². The molecule has 0 spiro atoms. The van der Waals surface area contributed by atoms with Gasteiger partial charge in [0, 0.05) is 37.5 Å². The molecule has 0 bridgehead atoms. The normalized spacial score (nSPS) is 14.1. The molecule has 6 nitrogen and oxygen atoms in total. The van der Waals surface area contributed by atoms with Crippen molar-refractivity contribution in [1.82, 2.24) is 9.88 Å². The summed E-state index contributed by atoms with van der Waals surface area (Å²) in [7, 11) is 0. The van der Waals surface area contributed by atoms with Gasteiger partial charge in [-0.05, 0) is 42.6 Å². The zero-order valence-electron chi connectivity index (χ0n) is 17.2. The smallest absolute Gasteiger partial charge is 0.255 e. The van der Waals surface area contributed by atoms with E-state index in [1.165, 1.54) is 12.1 Å². The minimum atomic E-state index is -0.176. The fourth-order valence-corrected chi connectivity index (χ4v) is 3.55. The maximum Gasteiger partial charge on any atom is 0.255 e. The highest BCUT2D eigenvalue weighted by molar-refractivity contribution is 6.32. The van der Waals surface area contributed by atoms with Gasteiger partial charge in [-0.3, -0.25) is 9.59 Å². The van der Waals surface area contributed by atoms with E-state index in [4.69, 9.17) is 22.1 Å². The number of fused-ring (bicyclic) bond motifs is 1. The third kappa shape index (κ3) is 6.06. The Morgan fingerprint density at radius 3 is 2.52 bits per heavy atom. The number of likely N-dealkylation sites (tertiary alicyclic amines) is 1. The number of nitrogens with zero attached hydrogens (tertiary/aromatic N) is 1. The van der Waals surface area contributed by atoms with Crippen LogP contribution in [0.15, 0.2) is 53.5 Å². The molecule has 1 aromatic heterocycles. The van der Waals surface area contributed by atoms with E-state index in [1.54, 1.807) is 35.4 Å². The second-order valence-electron chi connectivity index (χ2n) is 7.37. The first-order valence-corrected chi connectivity index (χ1v) is 10.4. The van der Waals surface area contributed by atoms with Crippen molar-refractivity contribution in [2.45, 2.75) is 25.9 Å². The van der Waals surface area contributed by atoms with E-state index in [0.717, 1.165) is 23.8 Å². The van der Waals surface area contributed by atoms with Crippen LogP contribution in [0.5, 0.6) is 5.75 Å². The summed E-state index contributed by atoms with van der Waals surface area (Å²) in [5, 5.41) is 1.73. The van der Waals surface area contributed by atoms with Crippen LogP contribution in [0.4, 0.5) is 4.39 Å². The van der Waals surface area contributed by atoms with Crippen LogP contribution in [0.25, 0.3) is 10.8 Å². The van der Waals surface area contributed by atoms with Crippen LogP contribution in [-0.4, -0.2) is 41.5 Å². The number of carbonyl (C=O) groups excluding carboxylic acids is 1. The van der Waals surface area contributed by atoms with Gasteiger partial charge in [-0.25, -0.2) is 4.39 Å². The van der Waals surface area contributed by atoms with Gasteiger partial charge in [0.05, 0.1) is 11.6 Å². The summed E-state index contributed by atoms with van der Waals surface area (Å²) in [5.74, 6) is 0.357. The monoisotopic (exact) mass is 445 g/mol. The summed E-state index contributed by atoms with van der Waals surface area (Å²) < 4.78 is 18.1. The third-order valence-electron chi connectivity index (χ3n) is 5.10. The lowest BCUT2D eigenvalue weighted by atomic mass is 10.1. The van der Waals surface area contributed by atoms with Crippen LogP contribution in [0.1, 0.15) is 18.4 Å². The maximum atomic E-state index is 12.1. The Balaban J connectivity index is 0.000000287. The zero-order chi connectivity index (χ0) is 22.4. The van der Waals surface area contributed by atoms with Crippen LogP contribution in [-0.2, 0) is 4.79 Å². The summed E-state index contributed by atoms with van der Waals surface area (Å²) in [4.78, 5) is 27.7. The first kappa shape index (κ1) is 22.8. The minimum Gasteiger partial charge on any atom is -0.489 e. The number of ether oxygens (including phenoxy) is 1. The van der Waals surface area contributed by atoms with Crippen molar-refractivity contribution >= 4 is 28.3 Å². The molecule has 0 atom stereocenters. The van der Waals surface area contributed by atoms with Crippen molar-refractivity contribution in [3.05, 3.63) is 75.4 Å². The van der Waals surface area contributed by atoms with Gasteiger partial charge in [0.25, 0.3) is 5.56 Å². The number of amides is 1. The number of rotatable bonds is 3. The number of hydrogen-bond acceptors (Lipinski definition) is 4. The van der Waals surface area contributed by atoms with Crippen molar-refractivity contribution in [3.63, 3.8) is 0 Å². The molecule has 1 fully saturated rings. The first-order chi connectivity index (χ1) is 14.9. The number of benzene rings is 2. The summed E-state index contributed by atoms with van der Waals surface area (Å²) in [6.45, 7) is 3.23. The van der Waals surface area contributed by atoms with E-state index < -0.39 is 0 Å². The molecule has 0 unspecified atom stereocenters. The van der Waals surface area contributed by atoms with Crippen molar-refractivity contribution < 1.29 is 13.9 Å². The van der Waals surface area contributed by atoms with Gasteiger partial charge >= 0.3 is 0 Å². The quantitative estimate of drug-likeness (QED) is 0.644. The minimum absolute atomic E-state index is 0.00577. The number of hydrogen-bond donors (Lipinski definition) is 2. The molecule has 164 valence electrons. The van der Waals surface area contributed by atoms with Crippen molar-refractivity contribution in [2.75, 3.05) is 19.6 Å².